The number of aromatic nitrogens is 2. The van der Waals surface area contributed by atoms with Gasteiger partial charge in [0.25, 0.3) is 5.91 Å². The molecule has 0 fully saturated rings. The molecule has 30 heavy (non-hydrogen) atoms. The molecule has 1 aromatic heterocycles. The van der Waals surface area contributed by atoms with Crippen molar-refractivity contribution < 1.29 is 28.2 Å². The highest BCUT2D eigenvalue weighted by Gasteiger charge is 2.23. The molecule has 0 spiro atoms. The minimum atomic E-state index is -1.11. The van der Waals surface area contributed by atoms with Crippen molar-refractivity contribution in [2.24, 2.45) is 0 Å². The first kappa shape index (κ1) is 20.8. The van der Waals surface area contributed by atoms with Crippen LogP contribution < -0.4 is 14.8 Å². The highest BCUT2D eigenvalue weighted by atomic mass is 19.1. The maximum Gasteiger partial charge on any atom is 0.357 e. The zero-order valence-corrected chi connectivity index (χ0v) is 16.6. The monoisotopic (exact) mass is 413 g/mol. The van der Waals surface area contributed by atoms with E-state index in [1.165, 1.54) is 62.5 Å². The average molecular weight is 413 g/mol. The van der Waals surface area contributed by atoms with Crippen molar-refractivity contribution >= 4 is 17.6 Å². The van der Waals surface area contributed by atoms with Gasteiger partial charge in [-0.05, 0) is 43.3 Å². The molecule has 1 atom stereocenters. The van der Waals surface area contributed by atoms with Gasteiger partial charge in [-0.2, -0.15) is 0 Å². The van der Waals surface area contributed by atoms with Crippen LogP contribution in [0.4, 0.5) is 10.1 Å². The fourth-order valence-electron chi connectivity index (χ4n) is 2.67. The van der Waals surface area contributed by atoms with Crippen LogP contribution in [0.3, 0.4) is 0 Å². The number of hydrogen-bond acceptors (Lipinski definition) is 6. The van der Waals surface area contributed by atoms with E-state index in [0.717, 1.165) is 0 Å². The predicted octanol–water partition coefficient (Wildman–Crippen LogP) is 3.21. The van der Waals surface area contributed by atoms with Gasteiger partial charge in [-0.3, -0.25) is 9.36 Å². The standard InChI is InChI=1S/C21H20FN3O5/c1-13(20(26)24-17-10-16(28-2)8-9-19(17)29-3)30-21(27)18-11-23-12-25(18)15-6-4-14(22)5-7-15/h4-13H,1-3H3,(H,24,26). The molecule has 0 aliphatic rings. The van der Waals surface area contributed by atoms with Crippen molar-refractivity contribution in [1.29, 1.82) is 0 Å². The highest BCUT2D eigenvalue weighted by Crippen LogP contribution is 2.29. The first-order valence-electron chi connectivity index (χ1n) is 8.95. The molecule has 1 N–H and O–H groups in total. The molecule has 3 aromatic rings. The lowest BCUT2D eigenvalue weighted by molar-refractivity contribution is -0.123. The Bertz CT molecular complexity index is 1050. The largest absolute Gasteiger partial charge is 0.497 e. The van der Waals surface area contributed by atoms with Crippen molar-refractivity contribution in [3.05, 3.63) is 66.5 Å². The van der Waals surface area contributed by atoms with E-state index in [9.17, 15) is 14.0 Å². The number of nitrogens with one attached hydrogen (secondary N) is 1. The quantitative estimate of drug-likeness (QED) is 0.598. The number of carbonyl (C=O) groups is 2. The normalized spacial score (nSPS) is 11.5. The Morgan fingerprint density at radius 1 is 1.10 bits per heavy atom. The second-order valence-electron chi connectivity index (χ2n) is 6.23. The molecule has 0 saturated carbocycles. The number of carbonyl (C=O) groups excluding carboxylic acids is 2. The number of imidazole rings is 1. The summed E-state index contributed by atoms with van der Waals surface area (Å²) >= 11 is 0. The molecule has 0 bridgehead atoms. The number of hydrogen-bond donors (Lipinski definition) is 1. The van der Waals surface area contributed by atoms with Crippen molar-refractivity contribution in [2.45, 2.75) is 13.0 Å². The summed E-state index contributed by atoms with van der Waals surface area (Å²) in [6.07, 6.45) is 1.60. The number of ether oxygens (including phenoxy) is 3. The molecule has 0 aliphatic heterocycles. The Kier molecular flexibility index (Phi) is 6.31. The molecule has 1 unspecified atom stereocenters. The number of amides is 1. The van der Waals surface area contributed by atoms with E-state index in [-0.39, 0.29) is 5.69 Å². The zero-order valence-electron chi connectivity index (χ0n) is 16.6. The van der Waals surface area contributed by atoms with Gasteiger partial charge in [-0.15, -0.1) is 0 Å². The molecular formula is C21H20FN3O5. The summed E-state index contributed by atoms with van der Waals surface area (Å²) in [6, 6.07) is 10.5. The number of benzene rings is 2. The third-order valence-electron chi connectivity index (χ3n) is 4.27. The topological polar surface area (TPSA) is 91.7 Å². The van der Waals surface area contributed by atoms with Crippen LogP contribution in [0.25, 0.3) is 5.69 Å². The van der Waals surface area contributed by atoms with Gasteiger partial charge in [0.15, 0.2) is 11.8 Å². The van der Waals surface area contributed by atoms with Gasteiger partial charge in [-0.25, -0.2) is 14.2 Å². The maximum atomic E-state index is 13.2. The van der Waals surface area contributed by atoms with Crippen LogP contribution in [0.1, 0.15) is 17.4 Å². The number of methoxy groups -OCH3 is 2. The van der Waals surface area contributed by atoms with Gasteiger partial charge >= 0.3 is 5.97 Å². The van der Waals surface area contributed by atoms with E-state index in [4.69, 9.17) is 14.2 Å². The summed E-state index contributed by atoms with van der Waals surface area (Å²) in [4.78, 5) is 29.0. The summed E-state index contributed by atoms with van der Waals surface area (Å²) in [6.45, 7) is 1.44. The molecular weight excluding hydrogens is 393 g/mol. The predicted molar refractivity (Wildman–Crippen MR) is 107 cm³/mol. The molecule has 0 radical (unpaired) electrons. The van der Waals surface area contributed by atoms with Gasteiger partial charge in [0, 0.05) is 11.8 Å². The Labute approximate surface area is 172 Å². The molecule has 156 valence electrons. The van der Waals surface area contributed by atoms with Crippen LogP contribution >= 0.6 is 0 Å². The van der Waals surface area contributed by atoms with Gasteiger partial charge in [-0.1, -0.05) is 0 Å². The Balaban J connectivity index is 1.72. The van der Waals surface area contributed by atoms with Gasteiger partial charge in [0.2, 0.25) is 0 Å². The maximum absolute atomic E-state index is 13.2. The molecule has 0 saturated heterocycles. The molecule has 8 nitrogen and oxygen atoms in total. The number of nitrogens with zero attached hydrogens (tertiary/aromatic N) is 2. The molecule has 1 amide bonds. The lowest BCUT2D eigenvalue weighted by atomic mass is 10.2. The lowest BCUT2D eigenvalue weighted by Gasteiger charge is -2.16. The van der Waals surface area contributed by atoms with E-state index in [0.29, 0.717) is 22.9 Å². The van der Waals surface area contributed by atoms with Crippen LogP contribution in [0, 0.1) is 5.82 Å². The van der Waals surface area contributed by atoms with E-state index in [1.54, 1.807) is 18.2 Å². The van der Waals surface area contributed by atoms with E-state index < -0.39 is 23.8 Å². The third kappa shape index (κ3) is 4.57. The number of halogens is 1. The summed E-state index contributed by atoms with van der Waals surface area (Å²) in [7, 11) is 2.97. The summed E-state index contributed by atoms with van der Waals surface area (Å²) < 4.78 is 30.2. The van der Waals surface area contributed by atoms with Crippen LogP contribution in [-0.2, 0) is 9.53 Å². The number of anilines is 1. The van der Waals surface area contributed by atoms with E-state index in [1.807, 2.05) is 0 Å². The van der Waals surface area contributed by atoms with Crippen LogP contribution in [-0.4, -0.2) is 41.8 Å². The van der Waals surface area contributed by atoms with Crippen LogP contribution in [0.15, 0.2) is 55.0 Å². The summed E-state index contributed by atoms with van der Waals surface area (Å²) in [5.41, 5.74) is 1.00. The van der Waals surface area contributed by atoms with Crippen molar-refractivity contribution in [1.82, 2.24) is 9.55 Å². The van der Waals surface area contributed by atoms with Gasteiger partial charge in [0.1, 0.15) is 17.3 Å². The molecule has 2 aromatic carbocycles. The summed E-state index contributed by atoms with van der Waals surface area (Å²) in [5.74, 6) is -0.753. The first-order chi connectivity index (χ1) is 14.4. The lowest BCUT2D eigenvalue weighted by Crippen LogP contribution is -2.30. The van der Waals surface area contributed by atoms with Crippen LogP contribution in [0.5, 0.6) is 11.5 Å². The Morgan fingerprint density at radius 2 is 1.83 bits per heavy atom. The van der Waals surface area contributed by atoms with Gasteiger partial charge < -0.3 is 19.5 Å². The van der Waals surface area contributed by atoms with Crippen molar-refractivity contribution in [3.8, 4) is 17.2 Å². The Morgan fingerprint density at radius 3 is 2.50 bits per heavy atom. The number of esters is 1. The van der Waals surface area contributed by atoms with Crippen molar-refractivity contribution in [3.63, 3.8) is 0 Å². The molecule has 9 heteroatoms. The minimum Gasteiger partial charge on any atom is -0.497 e. The van der Waals surface area contributed by atoms with Gasteiger partial charge in [0.05, 0.1) is 32.4 Å². The second kappa shape index (κ2) is 9.08. The van der Waals surface area contributed by atoms with E-state index >= 15 is 0 Å². The highest BCUT2D eigenvalue weighted by molar-refractivity contribution is 5.98. The number of rotatable bonds is 7. The average Bonchev–Trinajstić information content (AvgIpc) is 3.24. The fraction of sp³-hybridized carbons (Fsp3) is 0.190. The van der Waals surface area contributed by atoms with Crippen LogP contribution in [0.2, 0.25) is 0 Å². The molecule has 0 aliphatic carbocycles. The molecule has 1 heterocycles. The SMILES string of the molecule is COc1ccc(OC)c(NC(=O)C(C)OC(=O)c2cncn2-c2ccc(F)cc2)c1. The first-order valence-corrected chi connectivity index (χ1v) is 8.95. The van der Waals surface area contributed by atoms with E-state index in [2.05, 4.69) is 10.3 Å². The summed E-state index contributed by atoms with van der Waals surface area (Å²) in [5, 5.41) is 2.65. The molecule has 3 rings (SSSR count). The Hall–Kier alpha value is -3.88. The zero-order chi connectivity index (χ0) is 21.7. The second-order valence-corrected chi connectivity index (χ2v) is 6.23. The fourth-order valence-corrected chi connectivity index (χ4v) is 2.67. The third-order valence-corrected chi connectivity index (χ3v) is 4.27. The smallest absolute Gasteiger partial charge is 0.357 e. The van der Waals surface area contributed by atoms with Crippen molar-refractivity contribution in [2.75, 3.05) is 19.5 Å². The minimum absolute atomic E-state index is 0.0974.